The number of aliphatic carboxylic acids is 1. The lowest BCUT2D eigenvalue weighted by Gasteiger charge is -2.32. The van der Waals surface area contributed by atoms with Crippen molar-refractivity contribution in [1.82, 2.24) is 15.0 Å². The number of rotatable bonds is 4. The Balaban J connectivity index is 1.43. The SMILES string of the molecule is CC1(C)CCCC(C)(c2cccc(CCC(=O)O)c2)c2cnc([nH]2)-c2cc(ccc2F)Oc2c(F)cc3[nH]ccc3c2CCSC1. The molecule has 46 heavy (non-hydrogen) atoms. The number of carboxylic acids is 1. The molecule has 1 unspecified atom stereocenters. The topological polar surface area (TPSA) is 91.0 Å². The van der Waals surface area contributed by atoms with Crippen LogP contribution in [-0.4, -0.2) is 37.5 Å². The third-order valence-corrected chi connectivity index (χ3v) is 10.6. The van der Waals surface area contributed by atoms with Gasteiger partial charge in [0.15, 0.2) is 11.6 Å². The van der Waals surface area contributed by atoms with Gasteiger partial charge in [0.1, 0.15) is 17.4 Å². The Morgan fingerprint density at radius 2 is 1.91 bits per heavy atom. The van der Waals surface area contributed by atoms with Crippen molar-refractivity contribution < 1.29 is 23.4 Å². The first-order valence-electron chi connectivity index (χ1n) is 15.7. The molecule has 9 heteroatoms. The second-order valence-electron chi connectivity index (χ2n) is 13.2. The van der Waals surface area contributed by atoms with Crippen LogP contribution in [0, 0.1) is 17.0 Å². The van der Waals surface area contributed by atoms with Crippen molar-refractivity contribution in [3.8, 4) is 22.9 Å². The first-order chi connectivity index (χ1) is 22.0. The summed E-state index contributed by atoms with van der Waals surface area (Å²) in [4.78, 5) is 22.4. The van der Waals surface area contributed by atoms with Gasteiger partial charge in [0.05, 0.1) is 5.56 Å². The van der Waals surface area contributed by atoms with Gasteiger partial charge in [0.2, 0.25) is 0 Å². The maximum absolute atomic E-state index is 15.5. The number of aromatic amines is 2. The number of H-pyrrole nitrogens is 2. The zero-order valence-electron chi connectivity index (χ0n) is 26.4. The Morgan fingerprint density at radius 3 is 2.74 bits per heavy atom. The quantitative estimate of drug-likeness (QED) is 0.182. The summed E-state index contributed by atoms with van der Waals surface area (Å²) in [6, 6.07) is 15.9. The summed E-state index contributed by atoms with van der Waals surface area (Å²) in [6.07, 6.45) is 7.42. The summed E-state index contributed by atoms with van der Waals surface area (Å²) in [5.41, 5.74) is 4.14. The zero-order valence-corrected chi connectivity index (χ0v) is 27.2. The number of hydrogen-bond acceptors (Lipinski definition) is 4. The highest BCUT2D eigenvalue weighted by Gasteiger charge is 2.33. The predicted molar refractivity (Wildman–Crippen MR) is 180 cm³/mol. The minimum Gasteiger partial charge on any atom is -0.481 e. The lowest BCUT2D eigenvalue weighted by Crippen LogP contribution is -2.26. The number of benzene rings is 3. The van der Waals surface area contributed by atoms with E-state index in [1.165, 1.54) is 18.2 Å². The smallest absolute Gasteiger partial charge is 0.303 e. The number of aryl methyl sites for hydroxylation is 2. The van der Waals surface area contributed by atoms with E-state index < -0.39 is 23.0 Å². The number of imidazole rings is 1. The molecule has 240 valence electrons. The van der Waals surface area contributed by atoms with E-state index >= 15 is 8.78 Å². The second kappa shape index (κ2) is 12.9. The Morgan fingerprint density at radius 1 is 1.07 bits per heavy atom. The molecule has 0 saturated carbocycles. The maximum Gasteiger partial charge on any atom is 0.303 e. The summed E-state index contributed by atoms with van der Waals surface area (Å²) in [7, 11) is 0. The fourth-order valence-corrected chi connectivity index (χ4v) is 7.65. The molecule has 6 nitrogen and oxygen atoms in total. The number of carbonyl (C=O) groups is 1. The van der Waals surface area contributed by atoms with Gasteiger partial charge in [0.25, 0.3) is 0 Å². The molecule has 1 aliphatic heterocycles. The molecule has 1 aliphatic rings. The molecule has 3 aromatic carbocycles. The highest BCUT2D eigenvalue weighted by Crippen LogP contribution is 2.41. The highest BCUT2D eigenvalue weighted by molar-refractivity contribution is 7.99. The summed E-state index contributed by atoms with van der Waals surface area (Å²) >= 11 is 1.86. The lowest BCUT2D eigenvalue weighted by molar-refractivity contribution is -0.136. The molecule has 0 spiro atoms. The molecule has 3 heterocycles. The van der Waals surface area contributed by atoms with E-state index in [-0.39, 0.29) is 23.1 Å². The van der Waals surface area contributed by atoms with Crippen LogP contribution in [0.3, 0.4) is 0 Å². The van der Waals surface area contributed by atoms with Crippen LogP contribution < -0.4 is 4.74 Å². The molecule has 6 rings (SSSR count). The fourth-order valence-electron chi connectivity index (χ4n) is 6.46. The Bertz CT molecular complexity index is 1880. The third kappa shape index (κ3) is 6.70. The van der Waals surface area contributed by atoms with Crippen LogP contribution in [0.1, 0.15) is 68.8 Å². The van der Waals surface area contributed by atoms with E-state index in [0.29, 0.717) is 29.9 Å². The normalized spacial score (nSPS) is 18.7. The number of hydrogen-bond donors (Lipinski definition) is 3. The number of carboxylic acid groups (broad SMARTS) is 1. The second-order valence-corrected chi connectivity index (χ2v) is 14.3. The summed E-state index contributed by atoms with van der Waals surface area (Å²) in [5, 5.41) is 10.2. The Kier molecular flexibility index (Phi) is 8.97. The molecule has 3 N–H and O–H groups in total. The fraction of sp³-hybridized carbons (Fsp3) is 0.351. The number of thioether (sulfide) groups is 1. The largest absolute Gasteiger partial charge is 0.481 e. The highest BCUT2D eigenvalue weighted by atomic mass is 32.2. The van der Waals surface area contributed by atoms with E-state index in [0.717, 1.165) is 58.5 Å². The van der Waals surface area contributed by atoms with Crippen LogP contribution in [0.5, 0.6) is 11.5 Å². The van der Waals surface area contributed by atoms with Gasteiger partial charge in [0, 0.05) is 52.5 Å². The Hall–Kier alpha value is -4.11. The van der Waals surface area contributed by atoms with Crippen LogP contribution >= 0.6 is 11.8 Å². The first kappa shape index (κ1) is 31.9. The van der Waals surface area contributed by atoms with Gasteiger partial charge in [-0.2, -0.15) is 11.8 Å². The van der Waals surface area contributed by atoms with E-state index in [1.54, 1.807) is 18.5 Å². The minimum atomic E-state index is -0.830. The molecule has 0 amide bonds. The molecular formula is C37H39F2N3O3S. The minimum absolute atomic E-state index is 0.0579. The van der Waals surface area contributed by atoms with Crippen LogP contribution in [0.4, 0.5) is 8.78 Å². The molecule has 1 atom stereocenters. The number of halogens is 2. The van der Waals surface area contributed by atoms with Gasteiger partial charge in [-0.15, -0.1) is 0 Å². The van der Waals surface area contributed by atoms with E-state index in [1.807, 2.05) is 30.0 Å². The van der Waals surface area contributed by atoms with Gasteiger partial charge in [-0.1, -0.05) is 44.5 Å². The molecule has 0 saturated heterocycles. The molecular weight excluding hydrogens is 604 g/mol. The van der Waals surface area contributed by atoms with Gasteiger partial charge in [-0.05, 0) is 84.9 Å². The number of nitrogens with one attached hydrogen (secondary N) is 2. The molecule has 5 aromatic rings. The standard InChI is InChI=1S/C37H39F2N3O3S/c1-36(2)14-5-15-37(3,24-7-4-6-23(18-24)8-11-33(43)44)32-21-41-35(42-32)28-19-25(9-10-29(28)38)45-34-27(13-17-46-22-36)26-12-16-40-31(26)20-30(34)39/h4,6-7,9-10,12,16,18-21,40H,5,8,11,13-15,17,22H2,1-3H3,(H,41,42)(H,43,44). The van der Waals surface area contributed by atoms with Crippen LogP contribution in [0.2, 0.25) is 0 Å². The van der Waals surface area contributed by atoms with Crippen molar-refractivity contribution >= 4 is 28.6 Å². The zero-order chi connectivity index (χ0) is 32.5. The van der Waals surface area contributed by atoms with Crippen molar-refractivity contribution in [2.24, 2.45) is 5.41 Å². The summed E-state index contributed by atoms with van der Waals surface area (Å²) in [5.74, 6) is 0.791. The van der Waals surface area contributed by atoms with E-state index in [4.69, 9.17) is 4.74 Å². The van der Waals surface area contributed by atoms with Crippen LogP contribution in [0.15, 0.2) is 67.0 Å². The molecule has 0 radical (unpaired) electrons. The lowest BCUT2D eigenvalue weighted by atomic mass is 9.74. The number of fused-ring (bicyclic) bond motifs is 8. The average Bonchev–Trinajstić information content (AvgIpc) is 3.70. The van der Waals surface area contributed by atoms with Crippen molar-refractivity contribution in [1.29, 1.82) is 0 Å². The predicted octanol–water partition coefficient (Wildman–Crippen LogP) is 9.44. The van der Waals surface area contributed by atoms with Gasteiger partial charge in [-0.3, -0.25) is 4.79 Å². The van der Waals surface area contributed by atoms with Crippen molar-refractivity contribution in [2.45, 2.75) is 64.7 Å². The number of nitrogens with zero attached hydrogens (tertiary/aromatic N) is 1. The van der Waals surface area contributed by atoms with E-state index in [9.17, 15) is 9.90 Å². The van der Waals surface area contributed by atoms with Crippen molar-refractivity contribution in [3.63, 3.8) is 0 Å². The van der Waals surface area contributed by atoms with E-state index in [2.05, 4.69) is 47.9 Å². The molecule has 0 fully saturated rings. The monoisotopic (exact) mass is 643 g/mol. The van der Waals surface area contributed by atoms with Crippen molar-refractivity contribution in [2.75, 3.05) is 11.5 Å². The molecule has 4 bridgehead atoms. The van der Waals surface area contributed by atoms with Gasteiger partial charge >= 0.3 is 5.97 Å². The molecule has 0 aliphatic carbocycles. The first-order valence-corrected chi connectivity index (χ1v) is 16.9. The number of aromatic nitrogens is 3. The molecule has 2 aromatic heterocycles. The maximum atomic E-state index is 15.5. The third-order valence-electron chi connectivity index (χ3n) is 9.16. The summed E-state index contributed by atoms with van der Waals surface area (Å²) in [6.45, 7) is 6.73. The average molecular weight is 644 g/mol. The van der Waals surface area contributed by atoms with Crippen LogP contribution in [0.25, 0.3) is 22.3 Å². The van der Waals surface area contributed by atoms with Gasteiger partial charge < -0.3 is 19.8 Å². The summed E-state index contributed by atoms with van der Waals surface area (Å²) < 4.78 is 37.1. The number of ether oxygens (including phenoxy) is 1. The van der Waals surface area contributed by atoms with Gasteiger partial charge in [-0.25, -0.2) is 13.8 Å². The van der Waals surface area contributed by atoms with Crippen molar-refractivity contribution in [3.05, 3.63) is 101 Å². The van der Waals surface area contributed by atoms with Crippen LogP contribution in [-0.2, 0) is 23.1 Å². The Labute approximate surface area is 272 Å².